The van der Waals surface area contributed by atoms with E-state index in [2.05, 4.69) is 0 Å². The first-order chi connectivity index (χ1) is 9.37. The Balaban J connectivity index is 2.44. The number of hydrogen-bond donors (Lipinski definition) is 2. The SMILES string of the molecule is O=[N+]([O-])c1cc(S(=O)(=O)N2CCC[C@@H]2CO)ccc1O. The van der Waals surface area contributed by atoms with Crippen molar-refractivity contribution in [1.29, 1.82) is 0 Å². The predicted octanol–water partition coefficient (Wildman–Crippen LogP) is 0.446. The molecule has 20 heavy (non-hydrogen) atoms. The number of hydrogen-bond acceptors (Lipinski definition) is 6. The monoisotopic (exact) mass is 302 g/mol. The number of nitro groups is 1. The maximum absolute atomic E-state index is 12.4. The molecule has 0 unspecified atom stereocenters. The van der Waals surface area contributed by atoms with Crippen LogP contribution in [0.2, 0.25) is 0 Å². The minimum atomic E-state index is -3.91. The number of benzene rings is 1. The van der Waals surface area contributed by atoms with Gasteiger partial charge in [-0.15, -0.1) is 0 Å². The normalized spacial score (nSPS) is 20.1. The summed E-state index contributed by atoms with van der Waals surface area (Å²) in [6, 6.07) is 2.42. The van der Waals surface area contributed by atoms with E-state index in [-0.39, 0.29) is 18.0 Å². The average molecular weight is 302 g/mol. The third-order valence-corrected chi connectivity index (χ3v) is 5.23. The first-order valence-electron chi connectivity index (χ1n) is 5.98. The molecule has 2 N–H and O–H groups in total. The highest BCUT2D eigenvalue weighted by molar-refractivity contribution is 7.89. The summed E-state index contributed by atoms with van der Waals surface area (Å²) in [6.45, 7) is -0.0261. The van der Waals surface area contributed by atoms with Crippen LogP contribution in [0.25, 0.3) is 0 Å². The lowest BCUT2D eigenvalue weighted by molar-refractivity contribution is -0.386. The average Bonchev–Trinajstić information content (AvgIpc) is 2.87. The molecule has 0 radical (unpaired) electrons. The lowest BCUT2D eigenvalue weighted by atomic mass is 10.2. The number of nitro benzene ring substituents is 1. The van der Waals surface area contributed by atoms with Crippen molar-refractivity contribution in [1.82, 2.24) is 4.31 Å². The molecule has 0 aromatic heterocycles. The molecule has 0 saturated carbocycles. The molecule has 1 fully saturated rings. The minimum absolute atomic E-state index is 0.262. The van der Waals surface area contributed by atoms with Crippen molar-refractivity contribution in [2.45, 2.75) is 23.8 Å². The van der Waals surface area contributed by atoms with E-state index in [0.717, 1.165) is 22.5 Å². The number of aliphatic hydroxyl groups is 1. The zero-order chi connectivity index (χ0) is 14.9. The standard InChI is InChI=1S/C11H14N2O6S/c14-7-8-2-1-5-12(8)20(18,19)9-3-4-11(15)10(6-9)13(16)17/h3-4,6,8,14-15H,1-2,5,7H2/t8-/m1/s1. The molecule has 0 spiro atoms. The van der Waals surface area contributed by atoms with Crippen LogP contribution < -0.4 is 0 Å². The van der Waals surface area contributed by atoms with Gasteiger partial charge >= 0.3 is 5.69 Å². The van der Waals surface area contributed by atoms with Gasteiger partial charge < -0.3 is 10.2 Å². The highest BCUT2D eigenvalue weighted by Crippen LogP contribution is 2.32. The topological polar surface area (TPSA) is 121 Å². The van der Waals surface area contributed by atoms with Gasteiger partial charge in [-0.05, 0) is 25.0 Å². The molecule has 1 heterocycles. The highest BCUT2D eigenvalue weighted by Gasteiger charge is 2.35. The summed E-state index contributed by atoms with van der Waals surface area (Å²) >= 11 is 0. The van der Waals surface area contributed by atoms with Gasteiger partial charge in [0.15, 0.2) is 5.75 Å². The van der Waals surface area contributed by atoms with Crippen molar-refractivity contribution >= 4 is 15.7 Å². The second-order valence-electron chi connectivity index (χ2n) is 4.50. The van der Waals surface area contributed by atoms with Gasteiger partial charge in [0, 0.05) is 18.7 Å². The van der Waals surface area contributed by atoms with Gasteiger partial charge in [0.05, 0.1) is 16.4 Å². The fourth-order valence-electron chi connectivity index (χ4n) is 2.25. The summed E-state index contributed by atoms with van der Waals surface area (Å²) in [5.74, 6) is -0.589. The maximum Gasteiger partial charge on any atom is 0.312 e. The summed E-state index contributed by atoms with van der Waals surface area (Å²) in [4.78, 5) is 9.63. The number of phenolic OH excluding ortho intramolecular Hbond substituents is 1. The number of rotatable bonds is 4. The van der Waals surface area contributed by atoms with Crippen LogP contribution in [0.4, 0.5) is 5.69 Å². The van der Waals surface area contributed by atoms with Crippen molar-refractivity contribution in [3.8, 4) is 5.75 Å². The Morgan fingerprint density at radius 1 is 1.45 bits per heavy atom. The lowest BCUT2D eigenvalue weighted by Gasteiger charge is -2.22. The van der Waals surface area contributed by atoms with E-state index < -0.39 is 32.4 Å². The highest BCUT2D eigenvalue weighted by atomic mass is 32.2. The molecule has 8 nitrogen and oxygen atoms in total. The van der Waals surface area contributed by atoms with Crippen LogP contribution in [0.15, 0.2) is 23.1 Å². The van der Waals surface area contributed by atoms with E-state index >= 15 is 0 Å². The minimum Gasteiger partial charge on any atom is -0.502 e. The Labute approximate surface area is 115 Å². The van der Waals surface area contributed by atoms with Crippen LogP contribution in [0.5, 0.6) is 5.75 Å². The van der Waals surface area contributed by atoms with Gasteiger partial charge in [0.25, 0.3) is 0 Å². The fourth-order valence-corrected chi connectivity index (χ4v) is 3.96. The van der Waals surface area contributed by atoms with Gasteiger partial charge in [-0.25, -0.2) is 8.42 Å². The zero-order valence-electron chi connectivity index (χ0n) is 10.5. The molecule has 1 aromatic carbocycles. The molecular weight excluding hydrogens is 288 g/mol. The van der Waals surface area contributed by atoms with Crippen LogP contribution in [0.1, 0.15) is 12.8 Å². The molecule has 1 aliphatic rings. The molecule has 1 aromatic rings. The molecule has 110 valence electrons. The Bertz CT molecular complexity index is 630. The summed E-state index contributed by atoms with van der Waals surface area (Å²) in [7, 11) is -3.91. The Morgan fingerprint density at radius 3 is 2.75 bits per heavy atom. The Morgan fingerprint density at radius 2 is 2.15 bits per heavy atom. The molecule has 1 saturated heterocycles. The van der Waals surface area contributed by atoms with E-state index in [0.29, 0.717) is 12.8 Å². The van der Waals surface area contributed by atoms with Crippen molar-refractivity contribution in [2.75, 3.05) is 13.2 Å². The number of aliphatic hydroxyl groups excluding tert-OH is 1. The quantitative estimate of drug-likeness (QED) is 0.615. The van der Waals surface area contributed by atoms with Crippen LogP contribution in [0, 0.1) is 10.1 Å². The maximum atomic E-state index is 12.4. The molecule has 0 amide bonds. The summed E-state index contributed by atoms with van der Waals surface area (Å²) in [5, 5.41) is 29.3. The molecule has 2 rings (SSSR count). The second-order valence-corrected chi connectivity index (χ2v) is 6.39. The van der Waals surface area contributed by atoms with E-state index in [1.807, 2.05) is 0 Å². The van der Waals surface area contributed by atoms with Gasteiger partial charge in [0.1, 0.15) is 0 Å². The predicted molar refractivity (Wildman–Crippen MR) is 68.8 cm³/mol. The summed E-state index contributed by atoms with van der Waals surface area (Å²) in [6.07, 6.45) is 1.18. The fraction of sp³-hybridized carbons (Fsp3) is 0.455. The molecule has 1 aliphatic heterocycles. The Kier molecular flexibility index (Phi) is 3.93. The van der Waals surface area contributed by atoms with E-state index in [1.54, 1.807) is 0 Å². The molecule has 1 atom stereocenters. The number of aromatic hydroxyl groups is 1. The second kappa shape index (κ2) is 5.35. The molecule has 0 aliphatic carbocycles. The Hall–Kier alpha value is -1.71. The van der Waals surface area contributed by atoms with Crippen molar-refractivity contribution in [3.63, 3.8) is 0 Å². The molecule has 9 heteroatoms. The largest absolute Gasteiger partial charge is 0.502 e. The first-order valence-corrected chi connectivity index (χ1v) is 7.42. The number of phenols is 1. The zero-order valence-corrected chi connectivity index (χ0v) is 11.3. The van der Waals surface area contributed by atoms with E-state index in [1.165, 1.54) is 0 Å². The third-order valence-electron chi connectivity index (χ3n) is 3.28. The van der Waals surface area contributed by atoms with Crippen molar-refractivity contribution in [3.05, 3.63) is 28.3 Å². The molecular formula is C11H14N2O6S. The van der Waals surface area contributed by atoms with Crippen LogP contribution in [0.3, 0.4) is 0 Å². The van der Waals surface area contributed by atoms with Gasteiger partial charge in [-0.1, -0.05) is 0 Å². The van der Waals surface area contributed by atoms with Gasteiger partial charge in [-0.3, -0.25) is 10.1 Å². The smallest absolute Gasteiger partial charge is 0.312 e. The van der Waals surface area contributed by atoms with Gasteiger partial charge in [-0.2, -0.15) is 4.31 Å². The molecule has 0 bridgehead atoms. The first kappa shape index (κ1) is 14.7. The van der Waals surface area contributed by atoms with Crippen LogP contribution >= 0.6 is 0 Å². The van der Waals surface area contributed by atoms with Crippen molar-refractivity contribution < 1.29 is 23.6 Å². The van der Waals surface area contributed by atoms with Crippen LogP contribution in [-0.2, 0) is 10.0 Å². The summed E-state index contributed by atoms with van der Waals surface area (Å²) in [5.41, 5.74) is -0.661. The summed E-state index contributed by atoms with van der Waals surface area (Å²) < 4.78 is 25.9. The van der Waals surface area contributed by atoms with Crippen LogP contribution in [-0.4, -0.2) is 47.1 Å². The van der Waals surface area contributed by atoms with E-state index in [4.69, 9.17) is 0 Å². The van der Waals surface area contributed by atoms with Crippen molar-refractivity contribution in [2.24, 2.45) is 0 Å². The third kappa shape index (κ3) is 2.47. The number of sulfonamides is 1. The van der Waals surface area contributed by atoms with Gasteiger partial charge in [0.2, 0.25) is 10.0 Å². The lowest BCUT2D eigenvalue weighted by Crippen LogP contribution is -2.37. The van der Waals surface area contributed by atoms with E-state index in [9.17, 15) is 28.7 Å². The number of nitrogens with zero attached hydrogens (tertiary/aromatic N) is 2.